The van der Waals surface area contributed by atoms with Gasteiger partial charge in [0.25, 0.3) is 5.91 Å². The summed E-state index contributed by atoms with van der Waals surface area (Å²) in [6, 6.07) is 3.64. The number of rotatable bonds is 7. The molecule has 1 aromatic rings. The van der Waals surface area contributed by atoms with E-state index in [1.807, 2.05) is 23.4 Å². The Kier molecular flexibility index (Phi) is 9.21. The molecule has 0 spiro atoms. The quantitative estimate of drug-likeness (QED) is 0.784. The number of carbonyl (C=O) groups excluding carboxylic acids is 2. The third-order valence-corrected chi connectivity index (χ3v) is 5.01. The van der Waals surface area contributed by atoms with E-state index < -0.39 is 0 Å². The second kappa shape index (κ2) is 10.6. The Morgan fingerprint density at radius 2 is 2.04 bits per heavy atom. The summed E-state index contributed by atoms with van der Waals surface area (Å²) in [4.78, 5) is 26.6. The van der Waals surface area contributed by atoms with Crippen LogP contribution in [0, 0.1) is 5.92 Å². The van der Waals surface area contributed by atoms with Crippen LogP contribution in [0.15, 0.2) is 17.5 Å². The maximum Gasteiger partial charge on any atom is 0.261 e. The fourth-order valence-electron chi connectivity index (χ4n) is 2.76. The zero-order valence-electron chi connectivity index (χ0n) is 13.5. The smallest absolute Gasteiger partial charge is 0.261 e. The first-order valence-corrected chi connectivity index (χ1v) is 8.82. The normalized spacial score (nSPS) is 15.1. The van der Waals surface area contributed by atoms with Crippen molar-refractivity contribution >= 4 is 35.6 Å². The number of likely N-dealkylation sites (tertiary alicyclic amines) is 1. The van der Waals surface area contributed by atoms with Gasteiger partial charge in [0.15, 0.2) is 0 Å². The van der Waals surface area contributed by atoms with Crippen LogP contribution < -0.4 is 10.6 Å². The largest absolute Gasteiger partial charge is 0.351 e. The van der Waals surface area contributed by atoms with Crippen molar-refractivity contribution in [3.63, 3.8) is 0 Å². The molecular weight excluding hydrogens is 334 g/mol. The lowest BCUT2D eigenvalue weighted by Gasteiger charge is -2.32. The fraction of sp³-hybridized carbons (Fsp3) is 0.625. The molecule has 1 saturated heterocycles. The van der Waals surface area contributed by atoms with Gasteiger partial charge in [0.2, 0.25) is 5.91 Å². The van der Waals surface area contributed by atoms with Crippen LogP contribution in [0.4, 0.5) is 0 Å². The predicted molar refractivity (Wildman–Crippen MR) is 96.4 cm³/mol. The number of amides is 2. The molecule has 1 fully saturated rings. The molecule has 1 aliphatic rings. The van der Waals surface area contributed by atoms with Crippen LogP contribution in [0.25, 0.3) is 0 Å². The van der Waals surface area contributed by atoms with E-state index in [9.17, 15) is 9.59 Å². The van der Waals surface area contributed by atoms with Crippen molar-refractivity contribution in [3.05, 3.63) is 22.4 Å². The Morgan fingerprint density at radius 1 is 1.30 bits per heavy atom. The Morgan fingerprint density at radius 3 is 2.65 bits per heavy atom. The first-order chi connectivity index (χ1) is 10.7. The summed E-state index contributed by atoms with van der Waals surface area (Å²) in [5.41, 5.74) is 0. The van der Waals surface area contributed by atoms with Gasteiger partial charge in [-0.3, -0.25) is 9.59 Å². The Balaban J connectivity index is 0.00000264. The van der Waals surface area contributed by atoms with Crippen molar-refractivity contribution in [2.24, 2.45) is 5.92 Å². The first-order valence-electron chi connectivity index (χ1n) is 7.94. The third kappa shape index (κ3) is 6.49. The molecule has 0 unspecified atom stereocenters. The average Bonchev–Trinajstić information content (AvgIpc) is 3.07. The van der Waals surface area contributed by atoms with E-state index >= 15 is 0 Å². The molecule has 1 aromatic heterocycles. The lowest BCUT2D eigenvalue weighted by atomic mass is 9.93. The number of hydrogen-bond acceptors (Lipinski definition) is 4. The lowest BCUT2D eigenvalue weighted by Crippen LogP contribution is -2.40. The zero-order valence-corrected chi connectivity index (χ0v) is 15.2. The van der Waals surface area contributed by atoms with E-state index in [0.717, 1.165) is 38.4 Å². The molecule has 7 heteroatoms. The lowest BCUT2D eigenvalue weighted by molar-refractivity contribution is -0.132. The number of nitrogens with one attached hydrogen (secondary N) is 2. The summed E-state index contributed by atoms with van der Waals surface area (Å²) in [6.45, 7) is 3.17. The molecule has 0 atom stereocenters. The molecule has 1 aliphatic heterocycles. The van der Waals surface area contributed by atoms with Crippen LogP contribution in [-0.4, -0.2) is 49.9 Å². The monoisotopic (exact) mass is 359 g/mol. The maximum atomic E-state index is 12.2. The van der Waals surface area contributed by atoms with Gasteiger partial charge in [-0.25, -0.2) is 0 Å². The molecule has 5 nitrogen and oxygen atoms in total. The van der Waals surface area contributed by atoms with Gasteiger partial charge in [-0.15, -0.1) is 23.7 Å². The molecule has 2 rings (SSSR count). The number of nitrogens with zero attached hydrogens (tertiary/aromatic N) is 1. The minimum absolute atomic E-state index is 0. The summed E-state index contributed by atoms with van der Waals surface area (Å²) in [7, 11) is 1.98. The van der Waals surface area contributed by atoms with E-state index in [0.29, 0.717) is 17.8 Å². The number of piperidine rings is 1. The zero-order chi connectivity index (χ0) is 15.8. The van der Waals surface area contributed by atoms with E-state index in [-0.39, 0.29) is 24.2 Å². The van der Waals surface area contributed by atoms with Crippen LogP contribution in [-0.2, 0) is 4.79 Å². The van der Waals surface area contributed by atoms with E-state index in [1.54, 1.807) is 6.07 Å². The summed E-state index contributed by atoms with van der Waals surface area (Å²) >= 11 is 1.41. The molecule has 0 saturated carbocycles. The maximum absolute atomic E-state index is 12.2. The third-order valence-electron chi connectivity index (χ3n) is 4.14. The van der Waals surface area contributed by atoms with Gasteiger partial charge in [-0.05, 0) is 50.2 Å². The summed E-state index contributed by atoms with van der Waals surface area (Å²) in [5.74, 6) is 0.794. The minimum atomic E-state index is -0.0893. The van der Waals surface area contributed by atoms with Crippen LogP contribution in [0.5, 0.6) is 0 Å². The molecule has 2 heterocycles. The highest BCUT2D eigenvalue weighted by molar-refractivity contribution is 7.12. The van der Waals surface area contributed by atoms with Crippen molar-refractivity contribution in [1.29, 1.82) is 0 Å². The van der Waals surface area contributed by atoms with Crippen LogP contribution in [0.3, 0.4) is 0 Å². The van der Waals surface area contributed by atoms with Gasteiger partial charge < -0.3 is 15.5 Å². The minimum Gasteiger partial charge on any atom is -0.351 e. The van der Waals surface area contributed by atoms with Gasteiger partial charge >= 0.3 is 0 Å². The molecule has 0 aliphatic carbocycles. The molecule has 23 heavy (non-hydrogen) atoms. The highest BCUT2D eigenvalue weighted by Gasteiger charge is 2.22. The first kappa shape index (κ1) is 19.9. The Bertz CT molecular complexity index is 474. The second-order valence-corrected chi connectivity index (χ2v) is 6.65. The van der Waals surface area contributed by atoms with Crippen molar-refractivity contribution in [1.82, 2.24) is 15.5 Å². The summed E-state index contributed by atoms with van der Waals surface area (Å²) in [5, 5.41) is 7.86. The van der Waals surface area contributed by atoms with E-state index in [4.69, 9.17) is 0 Å². The van der Waals surface area contributed by atoms with E-state index in [1.165, 1.54) is 17.8 Å². The van der Waals surface area contributed by atoms with Crippen LogP contribution in [0.2, 0.25) is 0 Å². The van der Waals surface area contributed by atoms with Crippen LogP contribution in [0.1, 0.15) is 35.4 Å². The predicted octanol–water partition coefficient (Wildman–Crippen LogP) is 2.14. The van der Waals surface area contributed by atoms with Crippen molar-refractivity contribution < 1.29 is 9.59 Å². The second-order valence-electron chi connectivity index (χ2n) is 5.70. The standard InChI is InChI=1S/C16H25N3O2S.ClH/c1-17-8-4-13-6-10-19(11-7-13)15(20)5-9-18-16(21)14-3-2-12-22-14;/h2-3,12-13,17H,4-11H2,1H3,(H,18,21);1H. The van der Waals surface area contributed by atoms with Crippen LogP contribution >= 0.6 is 23.7 Å². The molecule has 2 N–H and O–H groups in total. The molecule has 2 amide bonds. The highest BCUT2D eigenvalue weighted by Crippen LogP contribution is 2.20. The topological polar surface area (TPSA) is 61.4 Å². The van der Waals surface area contributed by atoms with Gasteiger partial charge in [0.1, 0.15) is 0 Å². The number of halogens is 1. The van der Waals surface area contributed by atoms with Gasteiger partial charge in [-0.1, -0.05) is 6.07 Å². The van der Waals surface area contributed by atoms with E-state index in [2.05, 4.69) is 10.6 Å². The summed E-state index contributed by atoms with van der Waals surface area (Å²) < 4.78 is 0. The Hall–Kier alpha value is -1.11. The van der Waals surface area contributed by atoms with Gasteiger partial charge in [0.05, 0.1) is 4.88 Å². The number of thiophene rings is 1. The van der Waals surface area contributed by atoms with Crippen molar-refractivity contribution in [3.8, 4) is 0 Å². The molecule has 0 bridgehead atoms. The molecule has 130 valence electrons. The highest BCUT2D eigenvalue weighted by atomic mass is 35.5. The Labute approximate surface area is 148 Å². The van der Waals surface area contributed by atoms with Gasteiger partial charge in [0, 0.05) is 26.1 Å². The molecule has 0 aromatic carbocycles. The van der Waals surface area contributed by atoms with Gasteiger partial charge in [-0.2, -0.15) is 0 Å². The molecule has 0 radical (unpaired) electrons. The summed E-state index contributed by atoms with van der Waals surface area (Å²) in [6.07, 6.45) is 3.76. The average molecular weight is 360 g/mol. The fourth-order valence-corrected chi connectivity index (χ4v) is 3.40. The van der Waals surface area contributed by atoms with Crippen molar-refractivity contribution in [2.45, 2.75) is 25.7 Å². The number of hydrogen-bond donors (Lipinski definition) is 2. The number of carbonyl (C=O) groups is 2. The van der Waals surface area contributed by atoms with Crippen molar-refractivity contribution in [2.75, 3.05) is 33.2 Å². The SMILES string of the molecule is CNCCC1CCN(C(=O)CCNC(=O)c2cccs2)CC1.Cl. The molecular formula is C16H26ClN3O2S.